The molecule has 1 nitrogen and oxygen atoms in total. The van der Waals surface area contributed by atoms with Crippen molar-refractivity contribution in [2.24, 2.45) is 0 Å². The van der Waals surface area contributed by atoms with E-state index in [9.17, 15) is 4.39 Å². The minimum atomic E-state index is -0.133. The van der Waals surface area contributed by atoms with Crippen LogP contribution in [0.15, 0.2) is 40.2 Å². The Labute approximate surface area is 126 Å². The molecule has 0 spiro atoms. The Balaban J connectivity index is 2.18. The fraction of sp³-hybridized carbons (Fsp3) is 0.333. The Kier molecular flexibility index (Phi) is 5.55. The van der Waals surface area contributed by atoms with Crippen LogP contribution >= 0.6 is 27.3 Å². The summed E-state index contributed by atoms with van der Waals surface area (Å²) < 4.78 is 15.0. The molecule has 1 unspecified atom stereocenters. The van der Waals surface area contributed by atoms with Crippen molar-refractivity contribution in [3.63, 3.8) is 0 Å². The molecule has 0 saturated heterocycles. The molecule has 0 amide bonds. The van der Waals surface area contributed by atoms with E-state index in [1.165, 1.54) is 10.9 Å². The van der Waals surface area contributed by atoms with Crippen LogP contribution in [-0.4, -0.2) is 6.54 Å². The summed E-state index contributed by atoms with van der Waals surface area (Å²) in [4.78, 5) is 1.25. The van der Waals surface area contributed by atoms with E-state index in [0.717, 1.165) is 28.7 Å². The van der Waals surface area contributed by atoms with Crippen LogP contribution in [0.1, 0.15) is 29.8 Å². The maximum Gasteiger partial charge on any atom is 0.127 e. The Morgan fingerprint density at radius 2 is 2.05 bits per heavy atom. The van der Waals surface area contributed by atoms with Crippen molar-refractivity contribution < 1.29 is 4.39 Å². The highest BCUT2D eigenvalue weighted by Crippen LogP contribution is 2.28. The summed E-state index contributed by atoms with van der Waals surface area (Å²) >= 11 is 5.17. The number of rotatable bonds is 6. The zero-order valence-corrected chi connectivity index (χ0v) is 13.2. The molecular formula is C15H17BrFNS. The van der Waals surface area contributed by atoms with Gasteiger partial charge in [-0.3, -0.25) is 0 Å². The summed E-state index contributed by atoms with van der Waals surface area (Å²) in [5, 5.41) is 3.44. The van der Waals surface area contributed by atoms with Gasteiger partial charge in [-0.2, -0.15) is 0 Å². The van der Waals surface area contributed by atoms with E-state index in [-0.39, 0.29) is 11.9 Å². The third-order valence-corrected chi connectivity index (χ3v) is 4.60. The van der Waals surface area contributed by atoms with Crippen LogP contribution in [0.4, 0.5) is 4.39 Å². The fourth-order valence-electron chi connectivity index (χ4n) is 2.03. The maximum atomic E-state index is 13.9. The minimum Gasteiger partial charge on any atom is -0.310 e. The molecule has 0 saturated carbocycles. The topological polar surface area (TPSA) is 12.0 Å². The number of hydrogen-bond acceptors (Lipinski definition) is 2. The molecule has 0 aliphatic rings. The van der Waals surface area contributed by atoms with E-state index in [2.05, 4.69) is 34.2 Å². The summed E-state index contributed by atoms with van der Waals surface area (Å²) in [7, 11) is 0. The van der Waals surface area contributed by atoms with E-state index in [1.807, 2.05) is 18.2 Å². The van der Waals surface area contributed by atoms with Gasteiger partial charge in [0.25, 0.3) is 0 Å². The SMILES string of the molecule is CCCNC(Cc1ccc(Br)s1)c1ccccc1F. The lowest BCUT2D eigenvalue weighted by Gasteiger charge is -2.19. The van der Waals surface area contributed by atoms with Crippen LogP contribution in [0.5, 0.6) is 0 Å². The van der Waals surface area contributed by atoms with Crippen molar-refractivity contribution in [1.82, 2.24) is 5.32 Å². The molecular weight excluding hydrogens is 325 g/mol. The summed E-state index contributed by atoms with van der Waals surface area (Å²) in [6, 6.07) is 11.2. The minimum absolute atomic E-state index is 0.0340. The molecule has 1 N–H and O–H groups in total. The van der Waals surface area contributed by atoms with Crippen molar-refractivity contribution in [2.45, 2.75) is 25.8 Å². The van der Waals surface area contributed by atoms with Crippen molar-refractivity contribution in [3.8, 4) is 0 Å². The third kappa shape index (κ3) is 4.13. The molecule has 0 radical (unpaired) electrons. The standard InChI is InChI=1S/C15H17BrFNS/c1-2-9-18-14(10-11-7-8-15(16)19-11)12-5-3-4-6-13(12)17/h3-8,14,18H,2,9-10H2,1H3. The van der Waals surface area contributed by atoms with E-state index in [1.54, 1.807) is 17.4 Å². The molecule has 19 heavy (non-hydrogen) atoms. The predicted molar refractivity (Wildman–Crippen MR) is 83.2 cm³/mol. The van der Waals surface area contributed by atoms with Gasteiger partial charge in [0.05, 0.1) is 3.79 Å². The first kappa shape index (κ1) is 14.7. The van der Waals surface area contributed by atoms with Crippen LogP contribution in [0.2, 0.25) is 0 Å². The average molecular weight is 342 g/mol. The first-order valence-corrected chi connectivity index (χ1v) is 8.03. The number of benzene rings is 1. The molecule has 0 fully saturated rings. The van der Waals surface area contributed by atoms with Gasteiger partial charge in [0, 0.05) is 22.9 Å². The Hall–Kier alpha value is -0.710. The third-order valence-electron chi connectivity index (χ3n) is 2.96. The fourth-order valence-corrected chi connectivity index (χ4v) is 3.56. The van der Waals surface area contributed by atoms with Crippen LogP contribution in [-0.2, 0) is 6.42 Å². The van der Waals surface area contributed by atoms with Crippen LogP contribution in [0.3, 0.4) is 0 Å². The van der Waals surface area contributed by atoms with E-state index < -0.39 is 0 Å². The highest BCUT2D eigenvalue weighted by atomic mass is 79.9. The summed E-state index contributed by atoms with van der Waals surface area (Å²) in [6.45, 7) is 3.01. The molecule has 1 aromatic carbocycles. The molecule has 1 atom stereocenters. The van der Waals surface area contributed by atoms with Gasteiger partial charge in [-0.1, -0.05) is 25.1 Å². The average Bonchev–Trinajstić information content (AvgIpc) is 2.81. The molecule has 0 aliphatic carbocycles. The molecule has 4 heteroatoms. The Bertz CT molecular complexity index is 526. The van der Waals surface area contributed by atoms with E-state index >= 15 is 0 Å². The van der Waals surface area contributed by atoms with Crippen LogP contribution in [0, 0.1) is 5.82 Å². The summed E-state index contributed by atoms with van der Waals surface area (Å²) in [5.74, 6) is -0.133. The predicted octanol–water partition coefficient (Wildman–Crippen LogP) is 4.93. The van der Waals surface area contributed by atoms with Crippen molar-refractivity contribution in [3.05, 3.63) is 56.4 Å². The number of thiophene rings is 1. The van der Waals surface area contributed by atoms with Crippen molar-refractivity contribution in [2.75, 3.05) is 6.54 Å². The van der Waals surface area contributed by atoms with Crippen LogP contribution < -0.4 is 5.32 Å². The molecule has 0 aliphatic heterocycles. The van der Waals surface area contributed by atoms with E-state index in [4.69, 9.17) is 0 Å². The maximum absolute atomic E-state index is 13.9. The van der Waals surface area contributed by atoms with Gasteiger partial charge < -0.3 is 5.32 Å². The Morgan fingerprint density at radius 3 is 2.68 bits per heavy atom. The number of halogens is 2. The number of nitrogens with one attached hydrogen (secondary N) is 1. The number of hydrogen-bond donors (Lipinski definition) is 1. The first-order valence-electron chi connectivity index (χ1n) is 6.42. The van der Waals surface area contributed by atoms with Crippen molar-refractivity contribution >= 4 is 27.3 Å². The molecule has 102 valence electrons. The van der Waals surface area contributed by atoms with Gasteiger partial charge in [0.2, 0.25) is 0 Å². The monoisotopic (exact) mass is 341 g/mol. The second kappa shape index (κ2) is 7.17. The van der Waals surface area contributed by atoms with Crippen LogP contribution in [0.25, 0.3) is 0 Å². The zero-order chi connectivity index (χ0) is 13.7. The summed E-state index contributed by atoms with van der Waals surface area (Å²) in [6.07, 6.45) is 1.86. The first-order chi connectivity index (χ1) is 9.20. The van der Waals surface area contributed by atoms with Gasteiger partial charge in [-0.05, 0) is 47.1 Å². The van der Waals surface area contributed by atoms with Gasteiger partial charge in [-0.25, -0.2) is 4.39 Å². The summed E-state index contributed by atoms with van der Waals surface area (Å²) in [5.41, 5.74) is 0.750. The smallest absolute Gasteiger partial charge is 0.127 e. The quantitative estimate of drug-likeness (QED) is 0.785. The lowest BCUT2D eigenvalue weighted by atomic mass is 10.0. The van der Waals surface area contributed by atoms with E-state index in [0.29, 0.717) is 0 Å². The normalized spacial score (nSPS) is 12.6. The zero-order valence-electron chi connectivity index (χ0n) is 10.8. The second-order valence-corrected chi connectivity index (χ2v) is 6.99. The highest BCUT2D eigenvalue weighted by molar-refractivity contribution is 9.11. The van der Waals surface area contributed by atoms with Gasteiger partial charge in [0.15, 0.2) is 0 Å². The lowest BCUT2D eigenvalue weighted by molar-refractivity contribution is 0.499. The van der Waals surface area contributed by atoms with Gasteiger partial charge in [0.1, 0.15) is 5.82 Å². The van der Waals surface area contributed by atoms with Crippen molar-refractivity contribution in [1.29, 1.82) is 0 Å². The molecule has 2 rings (SSSR count). The molecule has 1 aromatic heterocycles. The highest BCUT2D eigenvalue weighted by Gasteiger charge is 2.16. The molecule has 0 bridgehead atoms. The largest absolute Gasteiger partial charge is 0.310 e. The Morgan fingerprint density at radius 1 is 1.26 bits per heavy atom. The lowest BCUT2D eigenvalue weighted by Crippen LogP contribution is -2.24. The molecule has 1 heterocycles. The van der Waals surface area contributed by atoms with Gasteiger partial charge in [-0.15, -0.1) is 11.3 Å². The van der Waals surface area contributed by atoms with Gasteiger partial charge >= 0.3 is 0 Å². The molecule has 2 aromatic rings. The second-order valence-electron chi connectivity index (χ2n) is 4.44.